The average molecular weight is 271 g/mol. The Hall–Kier alpha value is -1.81. The van der Waals surface area contributed by atoms with Crippen molar-refractivity contribution in [2.45, 2.75) is 25.7 Å². The van der Waals surface area contributed by atoms with Gasteiger partial charge in [-0.3, -0.25) is 9.59 Å². The topological polar surface area (TPSA) is 47.0 Å². The number of rotatable bonds is 2. The van der Waals surface area contributed by atoms with Gasteiger partial charge in [0.1, 0.15) is 5.92 Å². The minimum absolute atomic E-state index is 0.124. The lowest BCUT2D eigenvalue weighted by Crippen LogP contribution is -2.13. The van der Waals surface area contributed by atoms with Crippen molar-refractivity contribution in [2.75, 3.05) is 0 Å². The molecule has 0 amide bonds. The van der Waals surface area contributed by atoms with Crippen molar-refractivity contribution < 1.29 is 9.59 Å². The van der Waals surface area contributed by atoms with Crippen molar-refractivity contribution >= 4 is 22.9 Å². The van der Waals surface area contributed by atoms with Crippen molar-refractivity contribution in [1.82, 2.24) is 4.98 Å². The predicted octanol–water partition coefficient (Wildman–Crippen LogP) is 3.43. The van der Waals surface area contributed by atoms with Crippen molar-refractivity contribution in [3.05, 3.63) is 51.5 Å². The van der Waals surface area contributed by atoms with Crippen molar-refractivity contribution in [3.63, 3.8) is 0 Å². The highest BCUT2D eigenvalue weighted by Gasteiger charge is 2.40. The molecule has 1 heterocycles. The third-order valence-electron chi connectivity index (χ3n) is 3.31. The number of thiazole rings is 1. The molecule has 1 aromatic carbocycles. The van der Waals surface area contributed by atoms with Crippen molar-refractivity contribution in [1.29, 1.82) is 0 Å². The molecule has 2 aromatic rings. The summed E-state index contributed by atoms with van der Waals surface area (Å²) in [6, 6.07) is 7.00. The van der Waals surface area contributed by atoms with E-state index in [0.717, 1.165) is 5.01 Å². The molecular formula is C15H13NO2S. The van der Waals surface area contributed by atoms with Crippen LogP contribution in [0.5, 0.6) is 0 Å². The van der Waals surface area contributed by atoms with Gasteiger partial charge in [-0.2, -0.15) is 0 Å². The van der Waals surface area contributed by atoms with Gasteiger partial charge >= 0.3 is 0 Å². The van der Waals surface area contributed by atoms with Crippen LogP contribution in [0.4, 0.5) is 0 Å². The monoisotopic (exact) mass is 271 g/mol. The molecule has 19 heavy (non-hydrogen) atoms. The molecule has 96 valence electrons. The molecular weight excluding hydrogens is 258 g/mol. The van der Waals surface area contributed by atoms with E-state index in [1.54, 1.807) is 24.3 Å². The molecule has 0 saturated heterocycles. The number of carbonyl (C=O) groups excluding carboxylic acids is 2. The van der Waals surface area contributed by atoms with Gasteiger partial charge in [0.05, 0.1) is 10.7 Å². The molecule has 3 nitrogen and oxygen atoms in total. The minimum Gasteiger partial charge on any atom is -0.293 e. The number of benzene rings is 1. The molecule has 0 N–H and O–H groups in total. The summed E-state index contributed by atoms with van der Waals surface area (Å²) in [5.41, 5.74) is 1.65. The molecule has 0 bridgehead atoms. The van der Waals surface area contributed by atoms with E-state index in [2.05, 4.69) is 18.8 Å². The van der Waals surface area contributed by atoms with Gasteiger partial charge in [-0.1, -0.05) is 38.1 Å². The van der Waals surface area contributed by atoms with E-state index >= 15 is 0 Å². The van der Waals surface area contributed by atoms with E-state index in [1.165, 1.54) is 11.3 Å². The summed E-state index contributed by atoms with van der Waals surface area (Å²) in [6.45, 7) is 4.10. The normalized spacial score (nSPS) is 15.3. The fraction of sp³-hybridized carbons (Fsp3) is 0.267. The Bertz CT molecular complexity index is 637. The lowest BCUT2D eigenvalue weighted by Gasteiger charge is -2.02. The SMILES string of the molecule is CC(C)c1nc(C2C(=O)c3ccccc3C2=O)cs1. The first-order valence-corrected chi connectivity index (χ1v) is 7.10. The summed E-state index contributed by atoms with van der Waals surface area (Å²) in [5, 5.41) is 2.80. The largest absolute Gasteiger partial charge is 0.293 e. The van der Waals surface area contributed by atoms with Crippen LogP contribution in [0.15, 0.2) is 29.6 Å². The average Bonchev–Trinajstić information content (AvgIpc) is 2.96. The summed E-state index contributed by atoms with van der Waals surface area (Å²) in [5.74, 6) is -0.670. The number of Topliss-reactive ketones (excluding diaryl/α,β-unsaturated/α-hetero) is 2. The quantitative estimate of drug-likeness (QED) is 0.786. The molecule has 0 atom stereocenters. The molecule has 3 rings (SSSR count). The highest BCUT2D eigenvalue weighted by molar-refractivity contribution is 7.09. The Balaban J connectivity index is 2.04. The van der Waals surface area contributed by atoms with Crippen LogP contribution >= 0.6 is 11.3 Å². The summed E-state index contributed by atoms with van der Waals surface area (Å²) < 4.78 is 0. The van der Waals surface area contributed by atoms with E-state index in [0.29, 0.717) is 22.7 Å². The molecule has 1 aromatic heterocycles. The van der Waals surface area contributed by atoms with Gasteiger partial charge in [-0.25, -0.2) is 4.98 Å². The Morgan fingerprint density at radius 2 is 1.68 bits per heavy atom. The highest BCUT2D eigenvalue weighted by Crippen LogP contribution is 2.35. The first-order chi connectivity index (χ1) is 9.09. The number of ketones is 2. The second-order valence-electron chi connectivity index (χ2n) is 4.97. The predicted molar refractivity (Wildman–Crippen MR) is 74.0 cm³/mol. The van der Waals surface area contributed by atoms with Crippen LogP contribution in [0.25, 0.3) is 0 Å². The van der Waals surface area contributed by atoms with Crippen LogP contribution < -0.4 is 0 Å². The molecule has 0 aliphatic heterocycles. The third-order valence-corrected chi connectivity index (χ3v) is 4.48. The van der Waals surface area contributed by atoms with Gasteiger partial charge in [-0.15, -0.1) is 11.3 Å². The Morgan fingerprint density at radius 1 is 1.11 bits per heavy atom. The zero-order chi connectivity index (χ0) is 13.6. The maximum Gasteiger partial charge on any atom is 0.180 e. The molecule has 4 heteroatoms. The number of hydrogen-bond donors (Lipinski definition) is 0. The highest BCUT2D eigenvalue weighted by atomic mass is 32.1. The van der Waals surface area contributed by atoms with Gasteiger partial charge in [0, 0.05) is 22.4 Å². The standard InChI is InChI=1S/C15H13NO2S/c1-8(2)15-16-11(7-19-15)12-13(17)9-5-3-4-6-10(9)14(12)18/h3-8,12H,1-2H3. The number of aromatic nitrogens is 1. The Morgan fingerprint density at radius 3 is 2.16 bits per heavy atom. The molecule has 1 aliphatic carbocycles. The van der Waals surface area contributed by atoms with E-state index < -0.39 is 5.92 Å². The maximum atomic E-state index is 12.3. The smallest absolute Gasteiger partial charge is 0.180 e. The van der Waals surface area contributed by atoms with Crippen molar-refractivity contribution in [3.8, 4) is 0 Å². The molecule has 0 radical (unpaired) electrons. The third kappa shape index (κ3) is 1.83. The van der Waals surface area contributed by atoms with Crippen LogP contribution in [0.3, 0.4) is 0 Å². The van der Waals surface area contributed by atoms with Gasteiger partial charge in [0.15, 0.2) is 11.6 Å². The summed E-state index contributed by atoms with van der Waals surface area (Å²) >= 11 is 1.51. The number of nitrogens with zero attached hydrogens (tertiary/aromatic N) is 1. The van der Waals surface area contributed by atoms with E-state index in [9.17, 15) is 9.59 Å². The van der Waals surface area contributed by atoms with E-state index in [4.69, 9.17) is 0 Å². The first-order valence-electron chi connectivity index (χ1n) is 6.22. The Labute approximate surface area is 115 Å². The van der Waals surface area contributed by atoms with E-state index in [-0.39, 0.29) is 11.6 Å². The fourth-order valence-electron chi connectivity index (χ4n) is 2.31. The zero-order valence-corrected chi connectivity index (χ0v) is 11.5. The second-order valence-corrected chi connectivity index (χ2v) is 5.86. The summed E-state index contributed by atoms with van der Waals surface area (Å²) in [4.78, 5) is 29.1. The summed E-state index contributed by atoms with van der Waals surface area (Å²) in [6.07, 6.45) is 0. The van der Waals surface area contributed by atoms with Crippen molar-refractivity contribution in [2.24, 2.45) is 0 Å². The van der Waals surface area contributed by atoms with Crippen LogP contribution in [0.2, 0.25) is 0 Å². The molecule has 0 unspecified atom stereocenters. The first kappa shape index (κ1) is 12.2. The number of carbonyl (C=O) groups is 2. The zero-order valence-electron chi connectivity index (χ0n) is 10.7. The van der Waals surface area contributed by atoms with Crippen LogP contribution in [-0.2, 0) is 0 Å². The van der Waals surface area contributed by atoms with Gasteiger partial charge < -0.3 is 0 Å². The summed E-state index contributed by atoms with van der Waals surface area (Å²) in [7, 11) is 0. The van der Waals surface area contributed by atoms with Crippen LogP contribution in [-0.4, -0.2) is 16.6 Å². The molecule has 0 spiro atoms. The minimum atomic E-state index is -0.735. The number of fused-ring (bicyclic) bond motifs is 1. The number of hydrogen-bond acceptors (Lipinski definition) is 4. The molecule has 0 fully saturated rings. The van der Waals surface area contributed by atoms with Gasteiger partial charge in [0.25, 0.3) is 0 Å². The second kappa shape index (κ2) is 4.38. The van der Waals surface area contributed by atoms with Crippen LogP contribution in [0.1, 0.15) is 57.1 Å². The lowest BCUT2D eigenvalue weighted by atomic mass is 10.0. The molecule has 1 aliphatic rings. The molecule has 0 saturated carbocycles. The van der Waals surface area contributed by atoms with Gasteiger partial charge in [-0.05, 0) is 0 Å². The van der Waals surface area contributed by atoms with E-state index in [1.807, 2.05) is 5.38 Å². The van der Waals surface area contributed by atoms with Crippen LogP contribution in [0, 0.1) is 0 Å². The lowest BCUT2D eigenvalue weighted by molar-refractivity contribution is 0.0888. The Kier molecular flexibility index (Phi) is 2.82. The maximum absolute atomic E-state index is 12.3. The fourth-order valence-corrected chi connectivity index (χ4v) is 3.17. The van der Waals surface area contributed by atoms with Gasteiger partial charge in [0.2, 0.25) is 0 Å².